The fourth-order valence-electron chi connectivity index (χ4n) is 2.08. The van der Waals surface area contributed by atoms with Crippen molar-refractivity contribution < 1.29 is 9.59 Å². The molecule has 2 rings (SSSR count). The van der Waals surface area contributed by atoms with Crippen LogP contribution in [0, 0.1) is 12.8 Å². The number of hydrogen-bond acceptors (Lipinski definition) is 2. The highest BCUT2D eigenvalue weighted by molar-refractivity contribution is 6.09. The summed E-state index contributed by atoms with van der Waals surface area (Å²) in [4.78, 5) is 25.2. The lowest BCUT2D eigenvalue weighted by atomic mass is 10.1. The van der Waals surface area contributed by atoms with Crippen LogP contribution in [0.3, 0.4) is 0 Å². The van der Waals surface area contributed by atoms with Crippen molar-refractivity contribution >= 4 is 17.5 Å². The predicted octanol–water partition coefficient (Wildman–Crippen LogP) is 1.09. The van der Waals surface area contributed by atoms with Crippen molar-refractivity contribution in [2.45, 2.75) is 13.3 Å². The second kappa shape index (κ2) is 4.57. The van der Waals surface area contributed by atoms with Gasteiger partial charge in [0.05, 0.1) is 0 Å². The highest BCUT2D eigenvalue weighted by Crippen LogP contribution is 2.25. The Hall–Kier alpha value is -1.84. The number of nitrogens with zero attached hydrogens (tertiary/aromatic N) is 1. The van der Waals surface area contributed by atoms with Crippen LogP contribution in [-0.2, 0) is 9.59 Å². The number of rotatable bonds is 2. The molecule has 0 radical (unpaired) electrons. The van der Waals surface area contributed by atoms with Crippen molar-refractivity contribution in [1.82, 2.24) is 5.32 Å². The van der Waals surface area contributed by atoms with Gasteiger partial charge in [0.2, 0.25) is 11.8 Å². The number of benzene rings is 1. The summed E-state index contributed by atoms with van der Waals surface area (Å²) in [7, 11) is 1.56. The predicted molar refractivity (Wildman–Crippen MR) is 65.7 cm³/mol. The van der Waals surface area contributed by atoms with E-state index in [1.165, 1.54) is 0 Å². The number of carbonyl (C=O) groups is 2. The van der Waals surface area contributed by atoms with Gasteiger partial charge in [-0.1, -0.05) is 17.7 Å². The second-order valence-corrected chi connectivity index (χ2v) is 4.28. The first kappa shape index (κ1) is 11.6. The van der Waals surface area contributed by atoms with Crippen molar-refractivity contribution in [3.05, 3.63) is 29.8 Å². The molecule has 0 aromatic heterocycles. The largest absolute Gasteiger partial charge is 0.358 e. The first-order valence-electron chi connectivity index (χ1n) is 5.73. The Morgan fingerprint density at radius 2 is 2.00 bits per heavy atom. The average Bonchev–Trinajstić information content (AvgIpc) is 2.71. The van der Waals surface area contributed by atoms with Gasteiger partial charge in [-0.05, 0) is 25.5 Å². The number of carbonyl (C=O) groups excluding carboxylic acids is 2. The molecule has 1 saturated heterocycles. The first-order chi connectivity index (χ1) is 8.13. The molecule has 0 aliphatic carbocycles. The SMILES string of the molecule is CNC(=O)C1CCN(c2ccc(C)cc2)C1=O. The molecule has 1 unspecified atom stereocenters. The molecule has 1 atom stereocenters. The summed E-state index contributed by atoms with van der Waals surface area (Å²) in [6.07, 6.45) is 0.590. The van der Waals surface area contributed by atoms with Crippen LogP contribution in [0.5, 0.6) is 0 Å². The smallest absolute Gasteiger partial charge is 0.239 e. The topological polar surface area (TPSA) is 49.4 Å². The van der Waals surface area contributed by atoms with E-state index in [9.17, 15) is 9.59 Å². The summed E-state index contributed by atoms with van der Waals surface area (Å²) in [6.45, 7) is 2.61. The summed E-state index contributed by atoms with van der Waals surface area (Å²) in [5.74, 6) is -0.820. The summed E-state index contributed by atoms with van der Waals surface area (Å²) in [5, 5.41) is 2.53. The zero-order valence-corrected chi connectivity index (χ0v) is 10.1. The molecule has 1 N–H and O–H groups in total. The molecule has 1 aliphatic heterocycles. The molecule has 1 fully saturated rings. The van der Waals surface area contributed by atoms with Gasteiger partial charge in [-0.15, -0.1) is 0 Å². The van der Waals surface area contributed by atoms with Crippen molar-refractivity contribution in [2.24, 2.45) is 5.92 Å². The molecule has 0 bridgehead atoms. The lowest BCUT2D eigenvalue weighted by Crippen LogP contribution is -2.35. The first-order valence-corrected chi connectivity index (χ1v) is 5.73. The van der Waals surface area contributed by atoms with E-state index < -0.39 is 5.92 Å². The molecular formula is C13H16N2O2. The third-order valence-electron chi connectivity index (χ3n) is 3.11. The van der Waals surface area contributed by atoms with Gasteiger partial charge in [0.1, 0.15) is 5.92 Å². The molecule has 1 aliphatic rings. The molecule has 0 spiro atoms. The summed E-state index contributed by atoms with van der Waals surface area (Å²) in [6, 6.07) is 7.77. The number of amides is 2. The molecule has 4 nitrogen and oxygen atoms in total. The maximum atomic E-state index is 12.1. The minimum absolute atomic E-state index is 0.104. The molecule has 0 saturated carbocycles. The minimum atomic E-state index is -0.527. The van der Waals surface area contributed by atoms with Gasteiger partial charge in [0.15, 0.2) is 0 Å². The van der Waals surface area contributed by atoms with Crippen LogP contribution in [0.1, 0.15) is 12.0 Å². The van der Waals surface area contributed by atoms with Gasteiger partial charge in [-0.3, -0.25) is 9.59 Å². The van der Waals surface area contributed by atoms with E-state index in [1.807, 2.05) is 31.2 Å². The van der Waals surface area contributed by atoms with Crippen molar-refractivity contribution in [3.63, 3.8) is 0 Å². The Kier molecular flexibility index (Phi) is 3.13. The van der Waals surface area contributed by atoms with Crippen LogP contribution in [-0.4, -0.2) is 25.4 Å². The number of nitrogens with one attached hydrogen (secondary N) is 1. The van der Waals surface area contributed by atoms with E-state index in [0.717, 1.165) is 11.3 Å². The van der Waals surface area contributed by atoms with Crippen molar-refractivity contribution in [1.29, 1.82) is 0 Å². The molecule has 1 aromatic rings. The van der Waals surface area contributed by atoms with Gasteiger partial charge < -0.3 is 10.2 Å². The van der Waals surface area contributed by atoms with Crippen molar-refractivity contribution in [3.8, 4) is 0 Å². The van der Waals surface area contributed by atoms with E-state index >= 15 is 0 Å². The number of anilines is 1. The van der Waals surface area contributed by atoms with Crippen molar-refractivity contribution in [2.75, 3.05) is 18.5 Å². The van der Waals surface area contributed by atoms with Crippen LogP contribution < -0.4 is 10.2 Å². The maximum absolute atomic E-state index is 12.1. The molecule has 2 amide bonds. The normalized spacial score (nSPS) is 19.5. The maximum Gasteiger partial charge on any atom is 0.239 e. The standard InChI is InChI=1S/C13H16N2O2/c1-9-3-5-10(6-4-9)15-8-7-11(13(15)17)12(16)14-2/h3-6,11H,7-8H2,1-2H3,(H,14,16). The fourth-order valence-corrected chi connectivity index (χ4v) is 2.08. The van der Waals surface area contributed by atoms with Crippen LogP contribution in [0.2, 0.25) is 0 Å². The third-order valence-corrected chi connectivity index (χ3v) is 3.11. The lowest BCUT2D eigenvalue weighted by Gasteiger charge is -2.16. The quantitative estimate of drug-likeness (QED) is 0.776. The van der Waals surface area contributed by atoms with Gasteiger partial charge in [0.25, 0.3) is 0 Å². The average molecular weight is 232 g/mol. The van der Waals surface area contributed by atoms with E-state index in [0.29, 0.717) is 13.0 Å². The Labute approximate surface area is 101 Å². The molecule has 4 heteroatoms. The van der Waals surface area contributed by atoms with E-state index in [-0.39, 0.29) is 11.8 Å². The Bertz CT molecular complexity index is 439. The second-order valence-electron chi connectivity index (χ2n) is 4.28. The minimum Gasteiger partial charge on any atom is -0.358 e. The fraction of sp³-hybridized carbons (Fsp3) is 0.385. The van der Waals surface area contributed by atoms with Gasteiger partial charge in [-0.25, -0.2) is 0 Å². The van der Waals surface area contributed by atoms with E-state index in [2.05, 4.69) is 5.32 Å². The lowest BCUT2D eigenvalue weighted by molar-refractivity contribution is -0.131. The highest BCUT2D eigenvalue weighted by atomic mass is 16.2. The van der Waals surface area contributed by atoms with Gasteiger partial charge in [-0.2, -0.15) is 0 Å². The van der Waals surface area contributed by atoms with Crippen LogP contribution >= 0.6 is 0 Å². The summed E-state index contributed by atoms with van der Waals surface area (Å²) in [5.41, 5.74) is 2.02. The number of hydrogen-bond donors (Lipinski definition) is 1. The molecule has 1 heterocycles. The molecular weight excluding hydrogens is 216 g/mol. The monoisotopic (exact) mass is 232 g/mol. The van der Waals surface area contributed by atoms with Crippen LogP contribution in [0.25, 0.3) is 0 Å². The van der Waals surface area contributed by atoms with Gasteiger partial charge >= 0.3 is 0 Å². The Morgan fingerprint density at radius 3 is 2.59 bits per heavy atom. The number of aryl methyl sites for hydroxylation is 1. The molecule has 90 valence electrons. The van der Waals surface area contributed by atoms with E-state index in [1.54, 1.807) is 11.9 Å². The molecule has 1 aromatic carbocycles. The summed E-state index contributed by atoms with van der Waals surface area (Å²) < 4.78 is 0. The Morgan fingerprint density at radius 1 is 1.35 bits per heavy atom. The highest BCUT2D eigenvalue weighted by Gasteiger charge is 2.36. The van der Waals surface area contributed by atoms with Crippen LogP contribution in [0.15, 0.2) is 24.3 Å². The van der Waals surface area contributed by atoms with E-state index in [4.69, 9.17) is 0 Å². The zero-order valence-electron chi connectivity index (χ0n) is 10.1. The Balaban J connectivity index is 2.17. The third kappa shape index (κ3) is 2.16. The van der Waals surface area contributed by atoms with Gasteiger partial charge in [0, 0.05) is 19.3 Å². The molecule has 17 heavy (non-hydrogen) atoms. The zero-order chi connectivity index (χ0) is 12.4. The summed E-state index contributed by atoms with van der Waals surface area (Å²) >= 11 is 0. The van der Waals surface area contributed by atoms with Crippen LogP contribution in [0.4, 0.5) is 5.69 Å².